The predicted octanol–water partition coefficient (Wildman–Crippen LogP) is 3.01. The van der Waals surface area contributed by atoms with Gasteiger partial charge in [-0.1, -0.05) is 0 Å². The van der Waals surface area contributed by atoms with E-state index in [1.807, 2.05) is 0 Å². The van der Waals surface area contributed by atoms with Crippen LogP contribution in [0.2, 0.25) is 0 Å². The molecule has 1 N–H and O–H groups in total. The van der Waals surface area contributed by atoms with Crippen molar-refractivity contribution in [2.45, 2.75) is 70.6 Å². The highest BCUT2D eigenvalue weighted by Crippen LogP contribution is 2.38. The summed E-state index contributed by atoms with van der Waals surface area (Å²) in [6, 6.07) is 2.84. The van der Waals surface area contributed by atoms with Crippen LogP contribution in [0, 0.1) is 11.3 Å². The molecule has 0 spiro atoms. The van der Waals surface area contributed by atoms with Crippen molar-refractivity contribution >= 4 is 22.2 Å². The van der Waals surface area contributed by atoms with Gasteiger partial charge in [0.2, 0.25) is 5.91 Å². The maximum absolute atomic E-state index is 12.6. The number of amides is 1. The van der Waals surface area contributed by atoms with Crippen LogP contribution in [0.1, 0.15) is 55.5 Å². The summed E-state index contributed by atoms with van der Waals surface area (Å²) in [5.41, 5.74) is 1.87. The molecule has 4 rings (SSSR count). The lowest BCUT2D eigenvalue weighted by atomic mass is 10.1. The lowest BCUT2D eigenvalue weighted by Gasteiger charge is -2.38. The van der Waals surface area contributed by atoms with E-state index in [0.717, 1.165) is 57.0 Å². The van der Waals surface area contributed by atoms with Gasteiger partial charge in [0, 0.05) is 43.5 Å². The van der Waals surface area contributed by atoms with E-state index in [1.165, 1.54) is 23.3 Å². The van der Waals surface area contributed by atoms with E-state index < -0.39 is 0 Å². The summed E-state index contributed by atoms with van der Waals surface area (Å²) >= 11 is 1.60. The van der Waals surface area contributed by atoms with Gasteiger partial charge in [-0.2, -0.15) is 5.26 Å². The molecule has 2 aliphatic heterocycles. The second-order valence-electron chi connectivity index (χ2n) is 8.78. The number of thiophene rings is 1. The zero-order valence-electron chi connectivity index (χ0n) is 17.6. The highest BCUT2D eigenvalue weighted by atomic mass is 32.1. The molecule has 0 aromatic carbocycles. The summed E-state index contributed by atoms with van der Waals surface area (Å²) in [6.07, 6.45) is 6.62. The summed E-state index contributed by atoms with van der Waals surface area (Å²) < 4.78 is 5.85. The number of fused-ring (bicyclic) bond motifs is 1. The van der Waals surface area contributed by atoms with Gasteiger partial charge in [-0.15, -0.1) is 11.3 Å². The minimum Gasteiger partial charge on any atom is -0.373 e. The van der Waals surface area contributed by atoms with Crippen LogP contribution in [0.5, 0.6) is 0 Å². The summed E-state index contributed by atoms with van der Waals surface area (Å²) in [5.74, 6) is 0.0284. The molecular weight excluding hydrogens is 384 g/mol. The fourth-order valence-corrected chi connectivity index (χ4v) is 6.43. The van der Waals surface area contributed by atoms with Crippen LogP contribution >= 0.6 is 11.3 Å². The largest absolute Gasteiger partial charge is 0.373 e. The molecule has 0 bridgehead atoms. The van der Waals surface area contributed by atoms with Crippen molar-refractivity contribution in [1.29, 1.82) is 5.26 Å². The Morgan fingerprint density at radius 3 is 2.83 bits per heavy atom. The van der Waals surface area contributed by atoms with Crippen molar-refractivity contribution < 1.29 is 9.53 Å². The molecule has 3 aliphatic rings. The van der Waals surface area contributed by atoms with Crippen molar-refractivity contribution in [3.63, 3.8) is 0 Å². The molecule has 7 heteroatoms. The predicted molar refractivity (Wildman–Crippen MR) is 115 cm³/mol. The third kappa shape index (κ3) is 4.83. The number of likely N-dealkylation sites (tertiary alicyclic amines) is 1. The highest BCUT2D eigenvalue weighted by Gasteiger charge is 2.30. The van der Waals surface area contributed by atoms with Crippen LogP contribution in [-0.2, 0) is 22.4 Å². The number of carbonyl (C=O) groups excluding carboxylic acids is 1. The molecule has 2 saturated heterocycles. The first-order chi connectivity index (χ1) is 14.0. The van der Waals surface area contributed by atoms with Crippen molar-refractivity contribution in [3.8, 4) is 6.07 Å². The SMILES string of the molecule is CC1CN(CC2CCCN2CCC(=O)Nc2sc3c(c2C#N)CCC3)CC(C)O1. The summed E-state index contributed by atoms with van der Waals surface area (Å²) in [5, 5.41) is 13.3. The van der Waals surface area contributed by atoms with E-state index in [0.29, 0.717) is 30.2 Å². The van der Waals surface area contributed by atoms with Gasteiger partial charge in [-0.25, -0.2) is 0 Å². The fraction of sp³-hybridized carbons (Fsp3) is 0.727. The molecule has 2 fully saturated rings. The van der Waals surface area contributed by atoms with E-state index in [-0.39, 0.29) is 5.91 Å². The van der Waals surface area contributed by atoms with Crippen LogP contribution in [0.25, 0.3) is 0 Å². The van der Waals surface area contributed by atoms with E-state index in [2.05, 4.69) is 35.0 Å². The third-order valence-corrected chi connectivity index (χ3v) is 7.58. The molecule has 1 amide bonds. The van der Waals surface area contributed by atoms with E-state index >= 15 is 0 Å². The minimum absolute atomic E-state index is 0.0284. The summed E-state index contributed by atoms with van der Waals surface area (Å²) in [7, 11) is 0. The summed E-state index contributed by atoms with van der Waals surface area (Å²) in [6.45, 7) is 9.22. The Morgan fingerprint density at radius 2 is 2.07 bits per heavy atom. The van der Waals surface area contributed by atoms with E-state index in [1.54, 1.807) is 11.3 Å². The highest BCUT2D eigenvalue weighted by molar-refractivity contribution is 7.16. The van der Waals surface area contributed by atoms with Crippen LogP contribution in [-0.4, -0.2) is 66.7 Å². The molecule has 1 aliphatic carbocycles. The molecule has 0 radical (unpaired) electrons. The Hall–Kier alpha value is -1.46. The molecule has 158 valence electrons. The molecule has 1 aromatic rings. The van der Waals surface area contributed by atoms with Crippen molar-refractivity contribution in [2.75, 3.05) is 38.0 Å². The number of nitriles is 1. The number of nitrogens with zero attached hydrogens (tertiary/aromatic N) is 3. The molecule has 6 nitrogen and oxygen atoms in total. The molecule has 3 unspecified atom stereocenters. The first-order valence-corrected chi connectivity index (χ1v) is 11.8. The second kappa shape index (κ2) is 9.13. The number of anilines is 1. The van der Waals surface area contributed by atoms with E-state index in [9.17, 15) is 10.1 Å². The maximum Gasteiger partial charge on any atom is 0.226 e. The summed E-state index contributed by atoms with van der Waals surface area (Å²) in [4.78, 5) is 18.9. The zero-order valence-corrected chi connectivity index (χ0v) is 18.4. The minimum atomic E-state index is 0.0284. The lowest BCUT2D eigenvalue weighted by Crippen LogP contribution is -2.50. The Balaban J connectivity index is 1.28. The number of rotatable bonds is 6. The molecule has 3 atom stereocenters. The van der Waals surface area contributed by atoms with Crippen molar-refractivity contribution in [1.82, 2.24) is 9.80 Å². The molecule has 3 heterocycles. The third-order valence-electron chi connectivity index (χ3n) is 6.38. The number of ether oxygens (including phenoxy) is 1. The lowest BCUT2D eigenvalue weighted by molar-refractivity contribution is -0.116. The average molecular weight is 417 g/mol. The molecule has 1 aromatic heterocycles. The van der Waals surface area contributed by atoms with Crippen LogP contribution in [0.4, 0.5) is 5.00 Å². The number of hydrogen-bond donors (Lipinski definition) is 1. The van der Waals surface area contributed by atoms with E-state index in [4.69, 9.17) is 4.74 Å². The number of nitrogens with one attached hydrogen (secondary N) is 1. The van der Waals surface area contributed by atoms with Crippen molar-refractivity contribution in [3.05, 3.63) is 16.0 Å². The van der Waals surface area contributed by atoms with Gasteiger partial charge >= 0.3 is 0 Å². The molecule has 29 heavy (non-hydrogen) atoms. The van der Waals surface area contributed by atoms with Gasteiger partial charge in [0.15, 0.2) is 0 Å². The number of carbonyl (C=O) groups is 1. The Kier molecular flexibility index (Phi) is 6.55. The smallest absolute Gasteiger partial charge is 0.226 e. The Labute approximate surface area is 177 Å². The first kappa shape index (κ1) is 20.8. The van der Waals surface area contributed by atoms with Gasteiger partial charge in [0.1, 0.15) is 11.1 Å². The molecule has 0 saturated carbocycles. The quantitative estimate of drug-likeness (QED) is 0.772. The van der Waals surface area contributed by atoms with Gasteiger partial charge in [-0.3, -0.25) is 14.6 Å². The molecular formula is C22H32N4O2S. The van der Waals surface area contributed by atoms with Gasteiger partial charge in [0.25, 0.3) is 0 Å². The van der Waals surface area contributed by atoms with Gasteiger partial charge < -0.3 is 10.1 Å². The maximum atomic E-state index is 12.6. The number of morpholine rings is 1. The van der Waals surface area contributed by atoms with Crippen LogP contribution < -0.4 is 5.32 Å². The van der Waals surface area contributed by atoms with Gasteiger partial charge in [0.05, 0.1) is 17.8 Å². The monoisotopic (exact) mass is 416 g/mol. The van der Waals surface area contributed by atoms with Crippen molar-refractivity contribution in [2.24, 2.45) is 0 Å². The average Bonchev–Trinajstić information content (AvgIpc) is 3.35. The second-order valence-corrected chi connectivity index (χ2v) is 9.88. The standard InChI is InChI=1S/C22H32N4O2S/c1-15-12-25(13-16(2)28-15)14-17-5-4-9-26(17)10-8-21(27)24-22-19(11-23)18-6-3-7-20(18)29-22/h15-17H,3-10,12-14H2,1-2H3,(H,24,27). The van der Waals surface area contributed by atoms with Crippen LogP contribution in [0.3, 0.4) is 0 Å². The number of aryl methyl sites for hydroxylation is 1. The number of hydrogen-bond acceptors (Lipinski definition) is 6. The Bertz CT molecular complexity index is 777. The normalized spacial score (nSPS) is 27.7. The van der Waals surface area contributed by atoms with Crippen LogP contribution in [0.15, 0.2) is 0 Å². The topological polar surface area (TPSA) is 68.6 Å². The fourth-order valence-electron chi connectivity index (χ4n) is 5.17. The Morgan fingerprint density at radius 1 is 1.28 bits per heavy atom. The first-order valence-electron chi connectivity index (χ1n) is 11.0. The van der Waals surface area contributed by atoms with Gasteiger partial charge in [-0.05, 0) is 58.1 Å². The zero-order chi connectivity index (χ0) is 20.4.